The fourth-order valence-corrected chi connectivity index (χ4v) is 3.38. The third-order valence-corrected chi connectivity index (χ3v) is 4.82. The van der Waals surface area contributed by atoms with Crippen LogP contribution in [0.25, 0.3) is 11.5 Å². The molecule has 2 atom stereocenters. The van der Waals surface area contributed by atoms with Crippen LogP contribution in [-0.4, -0.2) is 33.2 Å². The zero-order valence-corrected chi connectivity index (χ0v) is 14.8. The van der Waals surface area contributed by atoms with Crippen molar-refractivity contribution < 1.29 is 19.1 Å². The quantitative estimate of drug-likeness (QED) is 0.870. The standard InChI is InChI=1S/C19H23N3O4/c1-12-21-22-18(26-12)14-10-8-13(9-11-14)17(23)20-16-7-5-3-2-4-6-15(16)19(24)25/h8-11,15-16H,2-7H2,1H3,(H,20,23)(H,24,25). The van der Waals surface area contributed by atoms with Gasteiger partial charge in [0.25, 0.3) is 5.91 Å². The zero-order chi connectivity index (χ0) is 18.5. The number of carbonyl (C=O) groups excluding carboxylic acids is 1. The maximum absolute atomic E-state index is 12.6. The predicted molar refractivity (Wildman–Crippen MR) is 94.6 cm³/mol. The van der Waals surface area contributed by atoms with Gasteiger partial charge in [0.1, 0.15) is 0 Å². The third kappa shape index (κ3) is 4.28. The monoisotopic (exact) mass is 357 g/mol. The van der Waals surface area contributed by atoms with Crippen molar-refractivity contribution in [3.05, 3.63) is 35.7 Å². The number of nitrogens with one attached hydrogen (secondary N) is 1. The highest BCUT2D eigenvalue weighted by molar-refractivity contribution is 5.95. The topological polar surface area (TPSA) is 105 Å². The minimum absolute atomic E-state index is 0.255. The summed E-state index contributed by atoms with van der Waals surface area (Å²) in [6.07, 6.45) is 5.27. The molecule has 1 amide bonds. The number of aliphatic carboxylic acids is 1. The van der Waals surface area contributed by atoms with Crippen molar-refractivity contribution in [2.24, 2.45) is 5.92 Å². The van der Waals surface area contributed by atoms with Crippen LogP contribution in [0, 0.1) is 12.8 Å². The number of nitrogens with zero attached hydrogens (tertiary/aromatic N) is 2. The van der Waals surface area contributed by atoms with Crippen LogP contribution in [-0.2, 0) is 4.79 Å². The molecule has 1 aliphatic rings. The largest absolute Gasteiger partial charge is 0.481 e. The van der Waals surface area contributed by atoms with Gasteiger partial charge in [-0.25, -0.2) is 0 Å². The molecular weight excluding hydrogens is 334 g/mol. The van der Waals surface area contributed by atoms with Crippen LogP contribution in [0.4, 0.5) is 0 Å². The van der Waals surface area contributed by atoms with Crippen LogP contribution in [0.1, 0.15) is 54.8 Å². The summed E-state index contributed by atoms with van der Waals surface area (Å²) in [4.78, 5) is 24.2. The van der Waals surface area contributed by atoms with Gasteiger partial charge in [0.2, 0.25) is 11.8 Å². The van der Waals surface area contributed by atoms with E-state index in [2.05, 4.69) is 15.5 Å². The summed E-state index contributed by atoms with van der Waals surface area (Å²) in [5.41, 5.74) is 1.22. The minimum Gasteiger partial charge on any atom is -0.481 e. The van der Waals surface area contributed by atoms with Crippen LogP contribution >= 0.6 is 0 Å². The first kappa shape index (κ1) is 18.1. The average molecular weight is 357 g/mol. The normalized spacial score (nSPS) is 20.8. The number of hydrogen-bond acceptors (Lipinski definition) is 5. The number of rotatable bonds is 4. The second-order valence-electron chi connectivity index (χ2n) is 6.72. The van der Waals surface area contributed by atoms with Gasteiger partial charge in [-0.3, -0.25) is 9.59 Å². The van der Waals surface area contributed by atoms with E-state index in [1.54, 1.807) is 31.2 Å². The Bertz CT molecular complexity index is 769. The molecule has 1 aromatic carbocycles. The summed E-state index contributed by atoms with van der Waals surface area (Å²) in [7, 11) is 0. The first-order valence-electron chi connectivity index (χ1n) is 8.99. The van der Waals surface area contributed by atoms with Crippen LogP contribution < -0.4 is 5.32 Å². The van der Waals surface area contributed by atoms with E-state index in [0.717, 1.165) is 31.2 Å². The molecule has 26 heavy (non-hydrogen) atoms. The summed E-state index contributed by atoms with van der Waals surface area (Å²) in [6.45, 7) is 1.71. The third-order valence-electron chi connectivity index (χ3n) is 4.82. The second-order valence-corrected chi connectivity index (χ2v) is 6.72. The Hall–Kier alpha value is -2.70. The van der Waals surface area contributed by atoms with Gasteiger partial charge in [-0.15, -0.1) is 10.2 Å². The van der Waals surface area contributed by atoms with Crippen LogP contribution in [0.5, 0.6) is 0 Å². The summed E-state index contributed by atoms with van der Waals surface area (Å²) in [5, 5.41) is 20.2. The van der Waals surface area contributed by atoms with E-state index in [1.165, 1.54) is 0 Å². The van der Waals surface area contributed by atoms with Gasteiger partial charge in [-0.05, 0) is 37.1 Å². The van der Waals surface area contributed by atoms with Gasteiger partial charge in [0.05, 0.1) is 5.92 Å². The van der Waals surface area contributed by atoms with Crippen molar-refractivity contribution in [2.45, 2.75) is 51.5 Å². The molecule has 3 rings (SSSR count). The van der Waals surface area contributed by atoms with Crippen molar-refractivity contribution >= 4 is 11.9 Å². The molecule has 0 saturated heterocycles. The van der Waals surface area contributed by atoms with E-state index in [1.807, 2.05) is 0 Å². The Morgan fingerprint density at radius 1 is 1.08 bits per heavy atom. The van der Waals surface area contributed by atoms with Gasteiger partial charge in [0.15, 0.2) is 0 Å². The SMILES string of the molecule is Cc1nnc(-c2ccc(C(=O)NC3CCCCCCC3C(=O)O)cc2)o1. The minimum atomic E-state index is -0.834. The number of carbonyl (C=O) groups is 2. The molecule has 2 aromatic rings. The van der Waals surface area contributed by atoms with E-state index >= 15 is 0 Å². The van der Waals surface area contributed by atoms with E-state index in [9.17, 15) is 14.7 Å². The van der Waals surface area contributed by atoms with Crippen LogP contribution in [0.3, 0.4) is 0 Å². The first-order chi connectivity index (χ1) is 12.5. The lowest BCUT2D eigenvalue weighted by molar-refractivity contribution is -0.143. The predicted octanol–water partition coefficient (Wildman–Crippen LogP) is 3.20. The maximum Gasteiger partial charge on any atom is 0.308 e. The number of carboxylic acid groups (broad SMARTS) is 1. The lowest BCUT2D eigenvalue weighted by Crippen LogP contribution is -2.43. The summed E-state index contributed by atoms with van der Waals surface area (Å²) in [5.74, 6) is -0.736. The number of benzene rings is 1. The van der Waals surface area contributed by atoms with Gasteiger partial charge < -0.3 is 14.8 Å². The number of amides is 1. The fraction of sp³-hybridized carbons (Fsp3) is 0.474. The van der Waals surface area contributed by atoms with Gasteiger partial charge in [-0.2, -0.15) is 0 Å². The molecule has 1 saturated carbocycles. The first-order valence-corrected chi connectivity index (χ1v) is 8.99. The number of aryl methyl sites for hydroxylation is 1. The second kappa shape index (κ2) is 8.12. The zero-order valence-electron chi connectivity index (χ0n) is 14.8. The summed E-state index contributed by atoms with van der Waals surface area (Å²) in [6, 6.07) is 6.52. The van der Waals surface area contributed by atoms with Crippen LogP contribution in [0.15, 0.2) is 28.7 Å². The Morgan fingerprint density at radius 2 is 1.77 bits per heavy atom. The molecule has 0 spiro atoms. The Morgan fingerprint density at radius 3 is 2.38 bits per heavy atom. The fourth-order valence-electron chi connectivity index (χ4n) is 3.38. The molecule has 1 aliphatic carbocycles. The molecule has 2 N–H and O–H groups in total. The smallest absolute Gasteiger partial charge is 0.308 e. The Balaban J connectivity index is 1.70. The molecule has 2 unspecified atom stereocenters. The lowest BCUT2D eigenvalue weighted by Gasteiger charge is -2.27. The molecule has 0 bridgehead atoms. The van der Waals surface area contributed by atoms with Crippen molar-refractivity contribution in [1.29, 1.82) is 0 Å². The number of aromatic nitrogens is 2. The highest BCUT2D eigenvalue weighted by Gasteiger charge is 2.30. The van der Waals surface area contributed by atoms with Crippen LogP contribution in [0.2, 0.25) is 0 Å². The molecule has 1 aromatic heterocycles. The molecular formula is C19H23N3O4. The van der Waals surface area contributed by atoms with Crippen molar-refractivity contribution in [1.82, 2.24) is 15.5 Å². The van der Waals surface area contributed by atoms with E-state index < -0.39 is 11.9 Å². The molecule has 7 heteroatoms. The Kier molecular flexibility index (Phi) is 5.65. The van der Waals surface area contributed by atoms with Crippen molar-refractivity contribution in [2.75, 3.05) is 0 Å². The van der Waals surface area contributed by atoms with Crippen molar-refractivity contribution in [3.63, 3.8) is 0 Å². The van der Waals surface area contributed by atoms with E-state index in [-0.39, 0.29) is 11.9 Å². The molecule has 7 nitrogen and oxygen atoms in total. The van der Waals surface area contributed by atoms with Gasteiger partial charge in [-0.1, -0.05) is 25.7 Å². The molecule has 138 valence electrons. The number of carboxylic acids is 1. The van der Waals surface area contributed by atoms with Gasteiger partial charge in [0, 0.05) is 24.1 Å². The highest BCUT2D eigenvalue weighted by Crippen LogP contribution is 2.24. The molecule has 0 aliphatic heterocycles. The van der Waals surface area contributed by atoms with E-state index in [4.69, 9.17) is 4.42 Å². The molecule has 1 fully saturated rings. The summed E-state index contributed by atoms with van der Waals surface area (Å²) >= 11 is 0. The molecule has 0 radical (unpaired) electrons. The summed E-state index contributed by atoms with van der Waals surface area (Å²) < 4.78 is 5.37. The Labute approximate surface area is 151 Å². The maximum atomic E-state index is 12.6. The van der Waals surface area contributed by atoms with E-state index in [0.29, 0.717) is 30.2 Å². The van der Waals surface area contributed by atoms with Gasteiger partial charge >= 0.3 is 5.97 Å². The lowest BCUT2D eigenvalue weighted by atomic mass is 9.86. The molecule has 1 heterocycles. The highest BCUT2D eigenvalue weighted by atomic mass is 16.4. The van der Waals surface area contributed by atoms with Crippen molar-refractivity contribution in [3.8, 4) is 11.5 Å². The average Bonchev–Trinajstić information content (AvgIpc) is 3.03. The number of hydrogen-bond donors (Lipinski definition) is 2.